The third kappa shape index (κ3) is 3.36. The number of hydrogen-bond donors (Lipinski definition) is 1. The summed E-state index contributed by atoms with van der Waals surface area (Å²) >= 11 is 9.79. The number of fused-ring (bicyclic) bond motifs is 2. The van der Waals surface area contributed by atoms with Crippen molar-refractivity contribution in [3.05, 3.63) is 93.9 Å². The van der Waals surface area contributed by atoms with E-state index in [0.29, 0.717) is 33.3 Å². The third-order valence-electron chi connectivity index (χ3n) is 4.86. The van der Waals surface area contributed by atoms with E-state index >= 15 is 0 Å². The van der Waals surface area contributed by atoms with Gasteiger partial charge in [0.2, 0.25) is 5.89 Å². The first kappa shape index (κ1) is 18.9. The topological polar surface area (TPSA) is 55.1 Å². The van der Waals surface area contributed by atoms with Crippen molar-refractivity contribution < 1.29 is 9.21 Å². The Morgan fingerprint density at radius 2 is 1.73 bits per heavy atom. The first-order chi connectivity index (χ1) is 14.6. The summed E-state index contributed by atoms with van der Waals surface area (Å²) in [6.45, 7) is 0. The first-order valence-electron chi connectivity index (χ1n) is 9.24. The van der Waals surface area contributed by atoms with Gasteiger partial charge in [0.25, 0.3) is 5.91 Å². The van der Waals surface area contributed by atoms with Gasteiger partial charge in [-0.25, -0.2) is 4.98 Å². The number of carbonyl (C=O) groups excluding carboxylic acids is 1. The van der Waals surface area contributed by atoms with Crippen LogP contribution in [0.3, 0.4) is 0 Å². The largest absolute Gasteiger partial charge is 0.436 e. The number of hydrogen-bond acceptors (Lipinski definition) is 3. The molecule has 4 aromatic carbocycles. The molecule has 0 spiro atoms. The molecule has 1 N–H and O–H groups in total. The number of oxazole rings is 1. The van der Waals surface area contributed by atoms with Crippen molar-refractivity contribution in [2.75, 3.05) is 5.32 Å². The molecule has 6 heteroatoms. The molecule has 0 aliphatic rings. The lowest BCUT2D eigenvalue weighted by Gasteiger charge is -2.09. The van der Waals surface area contributed by atoms with Gasteiger partial charge in [0.15, 0.2) is 5.58 Å². The maximum atomic E-state index is 12.9. The molecule has 0 unspecified atom stereocenters. The molecule has 1 aromatic heterocycles. The van der Waals surface area contributed by atoms with E-state index in [1.807, 2.05) is 54.6 Å². The summed E-state index contributed by atoms with van der Waals surface area (Å²) in [7, 11) is 0. The summed E-state index contributed by atoms with van der Waals surface area (Å²) in [6, 6.07) is 24.2. The molecule has 0 saturated heterocycles. The molecule has 0 atom stereocenters. The number of nitrogens with one attached hydrogen (secondary N) is 1. The maximum absolute atomic E-state index is 12.9. The molecule has 0 aliphatic heterocycles. The Morgan fingerprint density at radius 1 is 0.933 bits per heavy atom. The minimum Gasteiger partial charge on any atom is -0.436 e. The number of nitrogens with zero attached hydrogens (tertiary/aromatic N) is 1. The zero-order valence-electron chi connectivity index (χ0n) is 15.5. The van der Waals surface area contributed by atoms with E-state index in [2.05, 4.69) is 26.2 Å². The Hall–Kier alpha value is -3.15. The lowest BCUT2D eigenvalue weighted by Crippen LogP contribution is -2.12. The molecule has 1 amide bonds. The second-order valence-corrected chi connectivity index (χ2v) is 8.04. The van der Waals surface area contributed by atoms with Crippen LogP contribution >= 0.6 is 27.5 Å². The van der Waals surface area contributed by atoms with Crippen LogP contribution in [0.5, 0.6) is 0 Å². The Morgan fingerprint density at radius 3 is 2.60 bits per heavy atom. The Kier molecular flexibility index (Phi) is 4.77. The van der Waals surface area contributed by atoms with Crippen LogP contribution in [0.1, 0.15) is 10.4 Å². The fourth-order valence-corrected chi connectivity index (χ4v) is 4.11. The summed E-state index contributed by atoms with van der Waals surface area (Å²) in [6.07, 6.45) is 0. The number of halogens is 2. The van der Waals surface area contributed by atoms with Crippen LogP contribution in [0, 0.1) is 0 Å². The molecular weight excluding hydrogens is 464 g/mol. The number of anilines is 1. The molecule has 0 radical (unpaired) electrons. The van der Waals surface area contributed by atoms with Gasteiger partial charge in [-0.15, -0.1) is 0 Å². The minimum absolute atomic E-state index is 0.211. The van der Waals surface area contributed by atoms with Gasteiger partial charge < -0.3 is 9.73 Å². The van der Waals surface area contributed by atoms with E-state index in [0.717, 1.165) is 20.8 Å². The van der Waals surface area contributed by atoms with Gasteiger partial charge in [0.05, 0.1) is 5.56 Å². The van der Waals surface area contributed by atoms with Crippen LogP contribution in [0.2, 0.25) is 5.02 Å². The van der Waals surface area contributed by atoms with Crippen LogP contribution in [-0.4, -0.2) is 10.9 Å². The Bertz CT molecular complexity index is 1430. The average molecular weight is 478 g/mol. The standard InChI is InChI=1S/C24H14BrClN2O2/c25-19-9-2-1-5-18(19)24-28-21-13-14(11-12-22(21)30-24)27-23(29)17-8-3-7-16-15(17)6-4-10-20(16)26/h1-13H,(H,27,29). The summed E-state index contributed by atoms with van der Waals surface area (Å²) < 4.78 is 6.78. The molecular formula is C24H14BrClN2O2. The van der Waals surface area contributed by atoms with Crippen molar-refractivity contribution in [3.8, 4) is 11.5 Å². The average Bonchev–Trinajstić information content (AvgIpc) is 3.17. The SMILES string of the molecule is O=C(Nc1ccc2oc(-c3ccccc3Br)nc2c1)c1cccc2c(Cl)cccc12. The quantitative estimate of drug-likeness (QED) is 0.296. The van der Waals surface area contributed by atoms with Crippen molar-refractivity contribution in [2.45, 2.75) is 0 Å². The lowest BCUT2D eigenvalue weighted by molar-refractivity contribution is 0.102. The maximum Gasteiger partial charge on any atom is 0.256 e. The molecule has 1 heterocycles. The first-order valence-corrected chi connectivity index (χ1v) is 10.4. The predicted molar refractivity (Wildman–Crippen MR) is 124 cm³/mol. The number of carbonyl (C=O) groups is 1. The zero-order valence-corrected chi connectivity index (χ0v) is 17.9. The fourth-order valence-electron chi connectivity index (χ4n) is 3.42. The highest BCUT2D eigenvalue weighted by atomic mass is 79.9. The molecule has 0 saturated carbocycles. The van der Waals surface area contributed by atoms with Gasteiger partial charge in [-0.3, -0.25) is 4.79 Å². The molecule has 4 nitrogen and oxygen atoms in total. The van der Waals surface area contributed by atoms with Crippen molar-refractivity contribution in [1.29, 1.82) is 0 Å². The van der Waals surface area contributed by atoms with Gasteiger partial charge in [0, 0.05) is 26.1 Å². The highest BCUT2D eigenvalue weighted by Gasteiger charge is 2.14. The predicted octanol–water partition coefficient (Wildman–Crippen LogP) is 7.32. The second kappa shape index (κ2) is 7.59. The van der Waals surface area contributed by atoms with Crippen LogP contribution in [0.25, 0.3) is 33.3 Å². The summed E-state index contributed by atoms with van der Waals surface area (Å²) in [5, 5.41) is 5.22. The van der Waals surface area contributed by atoms with Gasteiger partial charge >= 0.3 is 0 Å². The highest BCUT2D eigenvalue weighted by Crippen LogP contribution is 2.31. The molecule has 146 valence electrons. The van der Waals surface area contributed by atoms with Crippen LogP contribution in [-0.2, 0) is 0 Å². The number of benzene rings is 4. The normalized spacial score (nSPS) is 11.1. The van der Waals surface area contributed by atoms with Crippen molar-refractivity contribution in [2.24, 2.45) is 0 Å². The van der Waals surface area contributed by atoms with E-state index in [1.54, 1.807) is 24.3 Å². The van der Waals surface area contributed by atoms with Crippen molar-refractivity contribution in [3.63, 3.8) is 0 Å². The molecule has 0 aliphatic carbocycles. The van der Waals surface area contributed by atoms with Crippen molar-refractivity contribution in [1.82, 2.24) is 4.98 Å². The zero-order chi connectivity index (χ0) is 20.7. The highest BCUT2D eigenvalue weighted by molar-refractivity contribution is 9.10. The second-order valence-electron chi connectivity index (χ2n) is 6.78. The van der Waals surface area contributed by atoms with Crippen LogP contribution in [0.4, 0.5) is 5.69 Å². The third-order valence-corrected chi connectivity index (χ3v) is 5.88. The van der Waals surface area contributed by atoms with E-state index in [4.69, 9.17) is 16.0 Å². The van der Waals surface area contributed by atoms with Crippen molar-refractivity contribution >= 4 is 61.0 Å². The number of amides is 1. The van der Waals surface area contributed by atoms with E-state index in [1.165, 1.54) is 0 Å². The summed E-state index contributed by atoms with van der Waals surface area (Å²) in [5.74, 6) is 0.307. The van der Waals surface area contributed by atoms with Gasteiger partial charge in [-0.05, 0) is 63.8 Å². The molecule has 5 rings (SSSR count). The smallest absolute Gasteiger partial charge is 0.256 e. The van der Waals surface area contributed by atoms with Gasteiger partial charge in [-0.2, -0.15) is 0 Å². The summed E-state index contributed by atoms with van der Waals surface area (Å²) in [4.78, 5) is 17.5. The number of aromatic nitrogens is 1. The minimum atomic E-state index is -0.211. The fraction of sp³-hybridized carbons (Fsp3) is 0. The number of rotatable bonds is 3. The van der Waals surface area contributed by atoms with Crippen LogP contribution in [0.15, 0.2) is 87.8 Å². The molecule has 30 heavy (non-hydrogen) atoms. The van der Waals surface area contributed by atoms with E-state index < -0.39 is 0 Å². The summed E-state index contributed by atoms with van der Waals surface area (Å²) in [5.41, 5.74) is 3.38. The van der Waals surface area contributed by atoms with E-state index in [9.17, 15) is 4.79 Å². The van der Waals surface area contributed by atoms with Gasteiger partial charge in [-0.1, -0.05) is 48.0 Å². The molecule has 0 fully saturated rings. The molecule has 0 bridgehead atoms. The Labute approximate surface area is 185 Å². The van der Waals surface area contributed by atoms with Gasteiger partial charge in [0.1, 0.15) is 5.52 Å². The van der Waals surface area contributed by atoms with Crippen LogP contribution < -0.4 is 5.32 Å². The molecule has 5 aromatic rings. The lowest BCUT2D eigenvalue weighted by atomic mass is 10.0. The Balaban J connectivity index is 1.48. The monoisotopic (exact) mass is 476 g/mol. The van der Waals surface area contributed by atoms with E-state index in [-0.39, 0.29) is 5.91 Å².